The summed E-state index contributed by atoms with van der Waals surface area (Å²) in [6.45, 7) is 6.61. The summed E-state index contributed by atoms with van der Waals surface area (Å²) >= 11 is 1.86. The maximum Gasteiger partial charge on any atom is 0.191 e. The van der Waals surface area contributed by atoms with E-state index in [9.17, 15) is 0 Å². The lowest BCUT2D eigenvalue weighted by atomic mass is 10.4. The molecule has 0 aliphatic rings. The molecule has 0 bridgehead atoms. The average Bonchev–Trinajstić information content (AvgIpc) is 2.96. The molecule has 2 aromatic rings. The summed E-state index contributed by atoms with van der Waals surface area (Å²) in [7, 11) is 1.93. The molecular weight excluding hydrogens is 433 g/mol. The number of halogens is 1. The van der Waals surface area contributed by atoms with Gasteiger partial charge in [0, 0.05) is 36.5 Å². The topological polar surface area (TPSA) is 54.2 Å². The Bertz CT molecular complexity index is 614. The molecule has 0 radical (unpaired) electrons. The number of aryl methyl sites for hydroxylation is 1. The van der Waals surface area contributed by atoms with Crippen molar-refractivity contribution in [3.63, 3.8) is 0 Å². The minimum atomic E-state index is 0. The first-order valence-electron chi connectivity index (χ1n) is 7.89. The van der Waals surface area contributed by atoms with E-state index in [0.717, 1.165) is 24.7 Å². The molecular formula is C17H26IN5S. The van der Waals surface area contributed by atoms with Crippen LogP contribution in [0.4, 0.5) is 0 Å². The maximum absolute atomic E-state index is 4.62. The van der Waals surface area contributed by atoms with Crippen LogP contribution in [0.15, 0.2) is 52.5 Å². The zero-order chi connectivity index (χ0) is 16.5. The van der Waals surface area contributed by atoms with E-state index in [2.05, 4.69) is 58.8 Å². The molecule has 1 atom stereocenters. The van der Waals surface area contributed by atoms with Gasteiger partial charge in [0.25, 0.3) is 0 Å². The monoisotopic (exact) mass is 459 g/mol. The molecule has 5 nitrogen and oxygen atoms in total. The molecule has 0 amide bonds. The Morgan fingerprint density at radius 2 is 2.00 bits per heavy atom. The first-order chi connectivity index (χ1) is 11.2. The van der Waals surface area contributed by atoms with Gasteiger partial charge in [-0.05, 0) is 25.1 Å². The normalized spacial score (nSPS) is 12.4. The number of aliphatic imine (C=N–C) groups is 1. The Morgan fingerprint density at radius 3 is 2.62 bits per heavy atom. The van der Waals surface area contributed by atoms with Crippen LogP contribution in [0.2, 0.25) is 0 Å². The van der Waals surface area contributed by atoms with Gasteiger partial charge in [0.05, 0.1) is 12.2 Å². The Balaban J connectivity index is 0.00000288. The molecule has 0 saturated heterocycles. The Kier molecular flexibility index (Phi) is 9.85. The van der Waals surface area contributed by atoms with Crippen molar-refractivity contribution < 1.29 is 0 Å². The van der Waals surface area contributed by atoms with Crippen LogP contribution in [-0.2, 0) is 13.6 Å². The molecule has 7 heteroatoms. The number of thioether (sulfide) groups is 1. The lowest BCUT2D eigenvalue weighted by molar-refractivity contribution is 0.707. The fourth-order valence-corrected chi connectivity index (χ4v) is 3.02. The van der Waals surface area contributed by atoms with Crippen LogP contribution in [0.1, 0.15) is 19.5 Å². The van der Waals surface area contributed by atoms with Gasteiger partial charge in [0.2, 0.25) is 0 Å². The van der Waals surface area contributed by atoms with Gasteiger partial charge in [0.15, 0.2) is 5.96 Å². The van der Waals surface area contributed by atoms with Crippen molar-refractivity contribution in [2.24, 2.45) is 12.0 Å². The number of hydrogen-bond acceptors (Lipinski definition) is 3. The van der Waals surface area contributed by atoms with Crippen LogP contribution in [0.25, 0.3) is 0 Å². The van der Waals surface area contributed by atoms with Gasteiger partial charge in [-0.1, -0.05) is 25.1 Å². The second kappa shape index (κ2) is 11.4. The van der Waals surface area contributed by atoms with Crippen LogP contribution in [0, 0.1) is 0 Å². The lowest BCUT2D eigenvalue weighted by Crippen LogP contribution is -2.40. The number of nitrogens with zero attached hydrogens (tertiary/aromatic N) is 3. The minimum Gasteiger partial charge on any atom is -0.357 e. The molecule has 2 rings (SSSR count). The van der Waals surface area contributed by atoms with Crippen molar-refractivity contribution in [3.05, 3.63) is 48.3 Å². The van der Waals surface area contributed by atoms with Crippen molar-refractivity contribution in [1.82, 2.24) is 20.4 Å². The third-order valence-electron chi connectivity index (χ3n) is 3.30. The quantitative estimate of drug-likeness (QED) is 0.289. The second-order valence-electron chi connectivity index (χ2n) is 5.26. The number of benzene rings is 1. The van der Waals surface area contributed by atoms with E-state index in [1.54, 1.807) is 6.20 Å². The van der Waals surface area contributed by atoms with Crippen molar-refractivity contribution >= 4 is 41.7 Å². The van der Waals surface area contributed by atoms with Crippen LogP contribution in [0.3, 0.4) is 0 Å². The van der Waals surface area contributed by atoms with Gasteiger partial charge < -0.3 is 10.6 Å². The van der Waals surface area contributed by atoms with Gasteiger partial charge in [-0.2, -0.15) is 5.10 Å². The van der Waals surface area contributed by atoms with Crippen molar-refractivity contribution in [2.75, 3.05) is 13.1 Å². The molecule has 132 valence electrons. The molecule has 0 fully saturated rings. The van der Waals surface area contributed by atoms with Crippen LogP contribution >= 0.6 is 35.7 Å². The highest BCUT2D eigenvalue weighted by molar-refractivity contribution is 14.0. The molecule has 0 aliphatic carbocycles. The van der Waals surface area contributed by atoms with E-state index >= 15 is 0 Å². The Hall–Kier alpha value is -1.22. The van der Waals surface area contributed by atoms with Crippen molar-refractivity contribution in [1.29, 1.82) is 0 Å². The molecule has 0 saturated carbocycles. The van der Waals surface area contributed by atoms with Crippen molar-refractivity contribution in [2.45, 2.75) is 30.5 Å². The van der Waals surface area contributed by atoms with Crippen LogP contribution in [-0.4, -0.2) is 34.1 Å². The highest BCUT2D eigenvalue weighted by atomic mass is 127. The van der Waals surface area contributed by atoms with Crippen LogP contribution in [0.5, 0.6) is 0 Å². The van der Waals surface area contributed by atoms with E-state index in [0.29, 0.717) is 11.8 Å². The van der Waals surface area contributed by atoms with Gasteiger partial charge in [-0.25, -0.2) is 4.99 Å². The van der Waals surface area contributed by atoms with E-state index in [-0.39, 0.29) is 24.0 Å². The minimum absolute atomic E-state index is 0. The molecule has 24 heavy (non-hydrogen) atoms. The third-order valence-corrected chi connectivity index (χ3v) is 4.42. The Labute approximate surface area is 165 Å². The summed E-state index contributed by atoms with van der Waals surface area (Å²) in [4.78, 5) is 5.91. The van der Waals surface area contributed by atoms with Crippen molar-refractivity contribution in [3.8, 4) is 0 Å². The predicted octanol–water partition coefficient (Wildman–Crippen LogP) is 3.27. The lowest BCUT2D eigenvalue weighted by Gasteiger charge is -2.15. The van der Waals surface area contributed by atoms with Gasteiger partial charge in [-0.15, -0.1) is 35.7 Å². The smallest absolute Gasteiger partial charge is 0.191 e. The summed E-state index contributed by atoms with van der Waals surface area (Å²) < 4.78 is 1.85. The standard InChI is InChI=1S/C17H25N5S.HI/c1-4-18-17(20-13-15-10-11-21-22(15)3)19-12-14(2)23-16-8-6-5-7-9-16;/h5-11,14H,4,12-13H2,1-3H3,(H2,18,19,20);1H. The first kappa shape index (κ1) is 20.8. The molecule has 1 aromatic carbocycles. The zero-order valence-electron chi connectivity index (χ0n) is 14.4. The van der Waals surface area contributed by atoms with E-state index in [1.807, 2.05) is 35.6 Å². The summed E-state index contributed by atoms with van der Waals surface area (Å²) in [5.41, 5.74) is 1.09. The van der Waals surface area contributed by atoms with Gasteiger partial charge >= 0.3 is 0 Å². The first-order valence-corrected chi connectivity index (χ1v) is 8.77. The number of rotatable bonds is 7. The average molecular weight is 459 g/mol. The maximum atomic E-state index is 4.62. The predicted molar refractivity (Wildman–Crippen MR) is 113 cm³/mol. The number of aromatic nitrogens is 2. The second-order valence-corrected chi connectivity index (χ2v) is 6.78. The third kappa shape index (κ3) is 7.12. The molecule has 2 N–H and O–H groups in total. The van der Waals surface area contributed by atoms with Crippen LogP contribution < -0.4 is 10.6 Å². The highest BCUT2D eigenvalue weighted by Crippen LogP contribution is 2.21. The largest absolute Gasteiger partial charge is 0.357 e. The molecule has 1 heterocycles. The van der Waals surface area contributed by atoms with Gasteiger partial charge in [-0.3, -0.25) is 4.68 Å². The fourth-order valence-electron chi connectivity index (χ4n) is 2.07. The summed E-state index contributed by atoms with van der Waals surface area (Å²) in [5.74, 6) is 0.842. The van der Waals surface area contributed by atoms with E-state index in [4.69, 9.17) is 0 Å². The summed E-state index contributed by atoms with van der Waals surface area (Å²) in [5, 5.41) is 11.3. The number of guanidine groups is 1. The number of nitrogens with one attached hydrogen (secondary N) is 2. The molecule has 0 aliphatic heterocycles. The molecule has 0 spiro atoms. The summed E-state index contributed by atoms with van der Waals surface area (Å²) in [6, 6.07) is 12.5. The molecule has 1 aromatic heterocycles. The zero-order valence-corrected chi connectivity index (χ0v) is 17.5. The number of hydrogen-bond donors (Lipinski definition) is 2. The van der Waals surface area contributed by atoms with E-state index < -0.39 is 0 Å². The fraction of sp³-hybridized carbons (Fsp3) is 0.412. The molecule has 1 unspecified atom stereocenters. The SMILES string of the molecule is CCNC(=NCc1ccnn1C)NCC(C)Sc1ccccc1.I. The summed E-state index contributed by atoms with van der Waals surface area (Å²) in [6.07, 6.45) is 1.80. The van der Waals surface area contributed by atoms with Gasteiger partial charge in [0.1, 0.15) is 0 Å². The van der Waals surface area contributed by atoms with E-state index in [1.165, 1.54) is 4.90 Å². The Morgan fingerprint density at radius 1 is 1.25 bits per heavy atom. The highest BCUT2D eigenvalue weighted by Gasteiger charge is 2.06.